The Hall–Kier alpha value is -1.88. The molecule has 0 fully saturated rings. The molecule has 1 aliphatic heterocycles. The van der Waals surface area contributed by atoms with Crippen LogP contribution in [0.15, 0.2) is 41.1 Å². The summed E-state index contributed by atoms with van der Waals surface area (Å²) in [4.78, 5) is 14.9. The lowest BCUT2D eigenvalue weighted by Gasteiger charge is -2.19. The second kappa shape index (κ2) is 5.87. The smallest absolute Gasteiger partial charge is 0.223 e. The van der Waals surface area contributed by atoms with E-state index >= 15 is 0 Å². The molecule has 0 bridgehead atoms. The number of nitrogens with one attached hydrogen (secondary N) is 1. The minimum Gasteiger partial charge on any atom is -0.369 e. The van der Waals surface area contributed by atoms with Gasteiger partial charge in [-0.2, -0.15) is 0 Å². The van der Waals surface area contributed by atoms with Crippen molar-refractivity contribution in [3.8, 4) is 0 Å². The van der Waals surface area contributed by atoms with Crippen molar-refractivity contribution in [1.29, 1.82) is 0 Å². The quantitative estimate of drug-likeness (QED) is 0.576. The third-order valence-electron chi connectivity index (χ3n) is 2.08. The van der Waals surface area contributed by atoms with E-state index in [0.717, 1.165) is 12.0 Å². The fourth-order valence-electron chi connectivity index (χ4n) is 1.34. The molecule has 0 saturated carbocycles. The van der Waals surface area contributed by atoms with Crippen LogP contribution in [0.3, 0.4) is 0 Å². The number of rotatable bonds is 5. The highest BCUT2D eigenvalue weighted by Crippen LogP contribution is 2.16. The number of allylic oxidation sites excluding steroid dienone is 2. The van der Waals surface area contributed by atoms with E-state index in [1.54, 1.807) is 6.08 Å². The Bertz CT molecular complexity index is 368. The molecule has 1 amide bonds. The number of carbonyl (C=O) groups excluding carboxylic acids is 1. The first-order valence-corrected chi connectivity index (χ1v) is 4.98. The lowest BCUT2D eigenvalue weighted by Crippen LogP contribution is -2.40. The van der Waals surface area contributed by atoms with E-state index in [2.05, 4.69) is 16.9 Å². The van der Waals surface area contributed by atoms with Crippen LogP contribution in [0.1, 0.15) is 12.8 Å². The minimum absolute atomic E-state index is 0.0969. The SMILES string of the molecule is C=CC/C=C\C1=C(CC(N)=O)N=CNC1N. The van der Waals surface area contributed by atoms with Gasteiger partial charge in [-0.15, -0.1) is 6.58 Å². The summed E-state index contributed by atoms with van der Waals surface area (Å²) in [6.45, 7) is 3.61. The maximum Gasteiger partial charge on any atom is 0.223 e. The maximum atomic E-state index is 10.9. The molecule has 1 rings (SSSR count). The van der Waals surface area contributed by atoms with Crippen LogP contribution < -0.4 is 16.8 Å². The fraction of sp³-hybridized carbons (Fsp3) is 0.273. The number of nitrogens with zero attached hydrogens (tertiary/aromatic N) is 1. The number of nitrogens with two attached hydrogens (primary N) is 2. The highest BCUT2D eigenvalue weighted by Gasteiger charge is 2.15. The minimum atomic E-state index is -0.420. The van der Waals surface area contributed by atoms with E-state index in [-0.39, 0.29) is 12.6 Å². The molecule has 0 aliphatic carbocycles. The molecule has 0 saturated heterocycles. The Morgan fingerprint density at radius 1 is 1.69 bits per heavy atom. The molecule has 1 atom stereocenters. The Kier molecular flexibility index (Phi) is 4.47. The Balaban J connectivity index is 2.90. The third kappa shape index (κ3) is 3.36. The summed E-state index contributed by atoms with van der Waals surface area (Å²) < 4.78 is 0. The monoisotopic (exact) mass is 220 g/mol. The molecule has 0 radical (unpaired) electrons. The van der Waals surface area contributed by atoms with Crippen LogP contribution in [-0.4, -0.2) is 18.4 Å². The van der Waals surface area contributed by atoms with E-state index in [0.29, 0.717) is 5.70 Å². The Morgan fingerprint density at radius 3 is 3.06 bits per heavy atom. The summed E-state index contributed by atoms with van der Waals surface area (Å²) in [6, 6.07) is 0. The van der Waals surface area contributed by atoms with Crippen molar-refractivity contribution in [2.45, 2.75) is 19.0 Å². The van der Waals surface area contributed by atoms with Gasteiger partial charge < -0.3 is 16.8 Å². The molecular formula is C11H16N4O. The van der Waals surface area contributed by atoms with E-state index in [4.69, 9.17) is 11.5 Å². The predicted octanol–water partition coefficient (Wildman–Crippen LogP) is 0.165. The fourth-order valence-corrected chi connectivity index (χ4v) is 1.34. The molecule has 86 valence electrons. The molecule has 0 spiro atoms. The van der Waals surface area contributed by atoms with Gasteiger partial charge in [-0.05, 0) is 6.42 Å². The number of hydrogen-bond donors (Lipinski definition) is 3. The van der Waals surface area contributed by atoms with Crippen LogP contribution in [0.5, 0.6) is 0 Å². The standard InChI is InChI=1S/C11H16N4O/c1-2-3-4-5-8-9(6-10(12)16)14-7-15-11(8)13/h2,4-5,7,11H,1,3,6,13H2,(H2,12,16)(H,14,15)/b5-4-. The average molecular weight is 220 g/mol. The van der Waals surface area contributed by atoms with Crippen molar-refractivity contribution >= 4 is 12.2 Å². The molecule has 5 heteroatoms. The summed E-state index contributed by atoms with van der Waals surface area (Å²) in [7, 11) is 0. The van der Waals surface area contributed by atoms with Crippen molar-refractivity contribution in [3.05, 3.63) is 36.1 Å². The van der Waals surface area contributed by atoms with Gasteiger partial charge in [0, 0.05) is 5.57 Å². The predicted molar refractivity (Wildman–Crippen MR) is 64.4 cm³/mol. The zero-order valence-electron chi connectivity index (χ0n) is 9.02. The summed E-state index contributed by atoms with van der Waals surface area (Å²) in [6.07, 6.45) is 7.49. The molecule has 1 aliphatic rings. The highest BCUT2D eigenvalue weighted by atomic mass is 16.1. The van der Waals surface area contributed by atoms with Crippen molar-refractivity contribution in [2.75, 3.05) is 0 Å². The van der Waals surface area contributed by atoms with E-state index in [1.165, 1.54) is 6.34 Å². The van der Waals surface area contributed by atoms with Gasteiger partial charge in [0.1, 0.15) is 6.17 Å². The number of amides is 1. The second-order valence-electron chi connectivity index (χ2n) is 3.37. The largest absolute Gasteiger partial charge is 0.369 e. The van der Waals surface area contributed by atoms with E-state index in [9.17, 15) is 4.79 Å². The molecule has 1 heterocycles. The first kappa shape index (κ1) is 12.2. The summed E-state index contributed by atoms with van der Waals surface area (Å²) in [5.41, 5.74) is 12.4. The van der Waals surface area contributed by atoms with Crippen LogP contribution in [0.4, 0.5) is 0 Å². The van der Waals surface area contributed by atoms with E-state index < -0.39 is 5.91 Å². The lowest BCUT2D eigenvalue weighted by molar-refractivity contribution is -0.117. The van der Waals surface area contributed by atoms with Crippen molar-refractivity contribution in [3.63, 3.8) is 0 Å². The molecule has 0 aromatic heterocycles. The molecule has 1 unspecified atom stereocenters. The van der Waals surface area contributed by atoms with Crippen LogP contribution in [0.25, 0.3) is 0 Å². The van der Waals surface area contributed by atoms with Gasteiger partial charge in [0.25, 0.3) is 0 Å². The molecule has 0 aromatic rings. The Morgan fingerprint density at radius 2 is 2.44 bits per heavy atom. The number of primary amides is 1. The highest BCUT2D eigenvalue weighted by molar-refractivity contribution is 5.78. The van der Waals surface area contributed by atoms with Crippen LogP contribution in [0.2, 0.25) is 0 Å². The summed E-state index contributed by atoms with van der Waals surface area (Å²) in [5.74, 6) is -0.420. The van der Waals surface area contributed by atoms with Crippen LogP contribution >= 0.6 is 0 Å². The Labute approximate surface area is 94.6 Å². The zero-order chi connectivity index (χ0) is 12.0. The zero-order valence-corrected chi connectivity index (χ0v) is 9.02. The van der Waals surface area contributed by atoms with Gasteiger partial charge >= 0.3 is 0 Å². The molecule has 5 N–H and O–H groups in total. The number of hydrogen-bond acceptors (Lipinski definition) is 4. The topological polar surface area (TPSA) is 93.5 Å². The first-order chi connectivity index (χ1) is 7.65. The molecule has 5 nitrogen and oxygen atoms in total. The average Bonchev–Trinajstić information content (AvgIpc) is 2.21. The van der Waals surface area contributed by atoms with Gasteiger partial charge in [-0.25, -0.2) is 4.99 Å². The van der Waals surface area contributed by atoms with Crippen molar-refractivity contribution in [1.82, 2.24) is 5.32 Å². The maximum absolute atomic E-state index is 10.9. The van der Waals surface area contributed by atoms with Crippen molar-refractivity contribution < 1.29 is 4.79 Å². The van der Waals surface area contributed by atoms with Gasteiger partial charge in [-0.1, -0.05) is 18.2 Å². The number of carbonyl (C=O) groups is 1. The summed E-state index contributed by atoms with van der Waals surface area (Å²) in [5, 5.41) is 2.86. The van der Waals surface area contributed by atoms with Crippen molar-refractivity contribution in [2.24, 2.45) is 16.5 Å². The van der Waals surface area contributed by atoms with Crippen LogP contribution in [0, 0.1) is 0 Å². The van der Waals surface area contributed by atoms with Gasteiger partial charge in [-0.3, -0.25) is 4.79 Å². The summed E-state index contributed by atoms with van der Waals surface area (Å²) >= 11 is 0. The number of aliphatic imine (C=N–C) groups is 1. The van der Waals surface area contributed by atoms with Gasteiger partial charge in [0.05, 0.1) is 18.5 Å². The molecule has 16 heavy (non-hydrogen) atoms. The normalized spacial score (nSPS) is 19.9. The molecular weight excluding hydrogens is 204 g/mol. The van der Waals surface area contributed by atoms with E-state index in [1.807, 2.05) is 12.2 Å². The molecule has 0 aromatic carbocycles. The lowest BCUT2D eigenvalue weighted by atomic mass is 10.1. The van der Waals surface area contributed by atoms with Crippen LogP contribution in [-0.2, 0) is 4.79 Å². The first-order valence-electron chi connectivity index (χ1n) is 4.98. The van der Waals surface area contributed by atoms with Gasteiger partial charge in [0.2, 0.25) is 5.91 Å². The second-order valence-corrected chi connectivity index (χ2v) is 3.37. The van der Waals surface area contributed by atoms with Gasteiger partial charge in [0.15, 0.2) is 0 Å². The third-order valence-corrected chi connectivity index (χ3v) is 2.08.